The highest BCUT2D eigenvalue weighted by Gasteiger charge is 2.10. The molecule has 0 saturated heterocycles. The predicted octanol–water partition coefficient (Wildman–Crippen LogP) is 5.33. The molecule has 2 aromatic carbocycles. The van der Waals surface area contributed by atoms with Crippen molar-refractivity contribution in [2.75, 3.05) is 13.2 Å². The van der Waals surface area contributed by atoms with Crippen molar-refractivity contribution in [3.63, 3.8) is 0 Å². The van der Waals surface area contributed by atoms with E-state index in [0.29, 0.717) is 34.0 Å². The van der Waals surface area contributed by atoms with Crippen LogP contribution in [0.1, 0.15) is 29.3 Å². The Kier molecular flexibility index (Phi) is 6.93. The second-order valence-electron chi connectivity index (χ2n) is 5.01. The van der Waals surface area contributed by atoms with Gasteiger partial charge in [-0.3, -0.25) is 4.79 Å². The fourth-order valence-electron chi connectivity index (χ4n) is 2.16. The third-order valence-corrected chi connectivity index (χ3v) is 4.03. The van der Waals surface area contributed by atoms with Gasteiger partial charge in [0.25, 0.3) is 0 Å². The normalized spacial score (nSPS) is 10.4. The summed E-state index contributed by atoms with van der Waals surface area (Å²) in [7, 11) is 0. The molecule has 0 spiro atoms. The molecule has 0 amide bonds. The molecule has 122 valence electrons. The summed E-state index contributed by atoms with van der Waals surface area (Å²) < 4.78 is 11.9. The summed E-state index contributed by atoms with van der Waals surface area (Å²) in [5, 5.41) is 0.481. The molecule has 0 radical (unpaired) electrons. The average molecular weight is 398 g/mol. The van der Waals surface area contributed by atoms with Crippen LogP contribution in [0.2, 0.25) is 5.02 Å². The smallest absolute Gasteiger partial charge is 0.153 e. The average Bonchev–Trinajstić information content (AvgIpc) is 2.54. The molecule has 0 heterocycles. The topological polar surface area (TPSA) is 35.5 Å². The number of benzene rings is 2. The Morgan fingerprint density at radius 2 is 1.83 bits per heavy atom. The predicted molar refractivity (Wildman–Crippen MR) is 96.0 cm³/mol. The van der Waals surface area contributed by atoms with E-state index in [1.165, 1.54) is 5.56 Å². The summed E-state index contributed by atoms with van der Waals surface area (Å²) in [6, 6.07) is 11.3. The minimum absolute atomic E-state index is 0.331. The largest absolute Gasteiger partial charge is 0.490 e. The van der Waals surface area contributed by atoms with E-state index in [1.54, 1.807) is 12.1 Å². The molecule has 0 N–H and O–H groups in total. The molecule has 3 nitrogen and oxygen atoms in total. The van der Waals surface area contributed by atoms with Crippen LogP contribution in [0.3, 0.4) is 0 Å². The molecule has 0 aliphatic carbocycles. The van der Waals surface area contributed by atoms with Crippen molar-refractivity contribution in [3.05, 3.63) is 57.0 Å². The molecule has 0 aliphatic heterocycles. The number of hydrogen-bond acceptors (Lipinski definition) is 3. The van der Waals surface area contributed by atoms with E-state index in [1.807, 2.05) is 12.1 Å². The second kappa shape index (κ2) is 8.94. The highest BCUT2D eigenvalue weighted by molar-refractivity contribution is 9.10. The molecule has 0 unspecified atom stereocenters. The standard InChI is InChI=1S/C18H18BrClO3/c1-2-3-13-4-6-16(7-5-13)22-8-9-23-18-14(12-21)10-15(20)11-17(18)19/h4-7,10-12H,2-3,8-9H2,1H3. The van der Waals surface area contributed by atoms with Crippen LogP contribution in [0.15, 0.2) is 40.9 Å². The molecule has 0 atom stereocenters. The lowest BCUT2D eigenvalue weighted by Crippen LogP contribution is -2.10. The lowest BCUT2D eigenvalue weighted by atomic mass is 10.1. The van der Waals surface area contributed by atoms with Gasteiger partial charge in [0.1, 0.15) is 24.7 Å². The van der Waals surface area contributed by atoms with Crippen LogP contribution in [0.4, 0.5) is 0 Å². The molecule has 2 rings (SSSR count). The Labute approximate surface area is 149 Å². The minimum Gasteiger partial charge on any atom is -0.490 e. The van der Waals surface area contributed by atoms with E-state index in [0.717, 1.165) is 24.9 Å². The van der Waals surface area contributed by atoms with Crippen LogP contribution >= 0.6 is 27.5 Å². The van der Waals surface area contributed by atoms with Crippen LogP contribution in [-0.4, -0.2) is 19.5 Å². The first kappa shape index (κ1) is 17.8. The van der Waals surface area contributed by atoms with Crippen molar-refractivity contribution in [2.24, 2.45) is 0 Å². The van der Waals surface area contributed by atoms with Crippen LogP contribution in [0.5, 0.6) is 11.5 Å². The van der Waals surface area contributed by atoms with Gasteiger partial charge in [-0.25, -0.2) is 0 Å². The first-order chi connectivity index (χ1) is 11.1. The molecule has 0 bridgehead atoms. The molecule has 0 saturated carbocycles. The molecular formula is C18H18BrClO3. The summed E-state index contributed by atoms with van der Waals surface area (Å²) in [5.74, 6) is 1.28. The van der Waals surface area contributed by atoms with E-state index in [2.05, 4.69) is 35.0 Å². The van der Waals surface area contributed by atoms with E-state index in [9.17, 15) is 4.79 Å². The Morgan fingerprint density at radius 1 is 1.13 bits per heavy atom. The Hall–Kier alpha value is -1.52. The van der Waals surface area contributed by atoms with E-state index >= 15 is 0 Å². The van der Waals surface area contributed by atoms with E-state index < -0.39 is 0 Å². The molecule has 0 aromatic heterocycles. The molecule has 0 aliphatic rings. The zero-order chi connectivity index (χ0) is 16.7. The van der Waals surface area contributed by atoms with Crippen LogP contribution in [0.25, 0.3) is 0 Å². The molecule has 23 heavy (non-hydrogen) atoms. The Bertz CT molecular complexity index is 656. The summed E-state index contributed by atoms with van der Waals surface area (Å²) in [4.78, 5) is 11.1. The summed E-state index contributed by atoms with van der Waals surface area (Å²) in [6.07, 6.45) is 2.92. The first-order valence-electron chi connectivity index (χ1n) is 7.42. The number of aldehydes is 1. The van der Waals surface area contributed by atoms with E-state index in [4.69, 9.17) is 21.1 Å². The maximum atomic E-state index is 11.1. The van der Waals surface area contributed by atoms with Crippen molar-refractivity contribution in [1.82, 2.24) is 0 Å². The van der Waals surface area contributed by atoms with Crippen molar-refractivity contribution < 1.29 is 14.3 Å². The Morgan fingerprint density at radius 3 is 2.48 bits per heavy atom. The number of halogens is 2. The fraction of sp³-hybridized carbons (Fsp3) is 0.278. The first-order valence-corrected chi connectivity index (χ1v) is 8.60. The van der Waals surface area contributed by atoms with Gasteiger partial charge in [-0.1, -0.05) is 37.1 Å². The fourth-order valence-corrected chi connectivity index (χ4v) is 3.11. The number of ether oxygens (including phenoxy) is 2. The van der Waals surface area contributed by atoms with Gasteiger partial charge in [0.05, 0.1) is 10.0 Å². The van der Waals surface area contributed by atoms with Gasteiger partial charge in [0.15, 0.2) is 6.29 Å². The highest BCUT2D eigenvalue weighted by Crippen LogP contribution is 2.31. The quantitative estimate of drug-likeness (QED) is 0.446. The molecule has 5 heteroatoms. The monoisotopic (exact) mass is 396 g/mol. The summed E-state index contributed by atoms with van der Waals surface area (Å²) >= 11 is 9.26. The third kappa shape index (κ3) is 5.26. The third-order valence-electron chi connectivity index (χ3n) is 3.22. The highest BCUT2D eigenvalue weighted by atomic mass is 79.9. The van der Waals surface area contributed by atoms with Crippen molar-refractivity contribution in [2.45, 2.75) is 19.8 Å². The number of aryl methyl sites for hydroxylation is 1. The summed E-state index contributed by atoms with van der Waals surface area (Å²) in [5.41, 5.74) is 1.71. The van der Waals surface area contributed by atoms with Gasteiger partial charge in [0, 0.05) is 5.02 Å². The SMILES string of the molecule is CCCc1ccc(OCCOc2c(Br)cc(Cl)cc2C=O)cc1. The van der Waals surface area contributed by atoms with Crippen molar-refractivity contribution in [1.29, 1.82) is 0 Å². The maximum Gasteiger partial charge on any atom is 0.153 e. The lowest BCUT2D eigenvalue weighted by molar-refractivity contribution is 0.111. The number of rotatable bonds is 8. The number of carbonyl (C=O) groups excluding carboxylic acids is 1. The molecule has 0 fully saturated rings. The molecular weight excluding hydrogens is 380 g/mol. The van der Waals surface area contributed by atoms with E-state index in [-0.39, 0.29) is 0 Å². The van der Waals surface area contributed by atoms with Gasteiger partial charge in [-0.05, 0) is 52.2 Å². The van der Waals surface area contributed by atoms with Gasteiger partial charge < -0.3 is 9.47 Å². The van der Waals surface area contributed by atoms with Crippen LogP contribution < -0.4 is 9.47 Å². The van der Waals surface area contributed by atoms with Crippen molar-refractivity contribution >= 4 is 33.8 Å². The van der Waals surface area contributed by atoms with Crippen molar-refractivity contribution in [3.8, 4) is 11.5 Å². The molecule has 2 aromatic rings. The second-order valence-corrected chi connectivity index (χ2v) is 6.31. The van der Waals surface area contributed by atoms with Gasteiger partial charge >= 0.3 is 0 Å². The number of carbonyl (C=O) groups is 1. The summed E-state index contributed by atoms with van der Waals surface area (Å²) in [6.45, 7) is 2.88. The van der Waals surface area contributed by atoms with Crippen LogP contribution in [-0.2, 0) is 6.42 Å². The number of hydrogen-bond donors (Lipinski definition) is 0. The zero-order valence-electron chi connectivity index (χ0n) is 12.9. The Balaban J connectivity index is 1.87. The zero-order valence-corrected chi connectivity index (χ0v) is 15.2. The van der Waals surface area contributed by atoms with Gasteiger partial charge in [-0.2, -0.15) is 0 Å². The maximum absolute atomic E-state index is 11.1. The van der Waals surface area contributed by atoms with Gasteiger partial charge in [-0.15, -0.1) is 0 Å². The van der Waals surface area contributed by atoms with Gasteiger partial charge in [0.2, 0.25) is 0 Å². The lowest BCUT2D eigenvalue weighted by Gasteiger charge is -2.12. The minimum atomic E-state index is 0.331. The van der Waals surface area contributed by atoms with Crippen LogP contribution in [0, 0.1) is 0 Å².